The zero-order valence-electron chi connectivity index (χ0n) is 26.8. The summed E-state index contributed by atoms with van der Waals surface area (Å²) in [6, 6.07) is 12.0. The number of aromatic carboxylic acids is 2. The first-order chi connectivity index (χ1) is 24.9. The number of aromatic amines is 2. The number of H-pyrrole nitrogens is 2. The number of aromatic nitrogens is 6. The summed E-state index contributed by atoms with van der Waals surface area (Å²) in [5.41, 5.74) is -0.0281. The minimum atomic E-state index is -3.97. The highest BCUT2D eigenvalue weighted by atomic mass is 32.2. The summed E-state index contributed by atoms with van der Waals surface area (Å²) in [5, 5.41) is 39.7. The molecule has 0 bridgehead atoms. The fourth-order valence-corrected chi connectivity index (χ4v) is 7.98. The van der Waals surface area contributed by atoms with Crippen molar-refractivity contribution in [3.63, 3.8) is 0 Å². The summed E-state index contributed by atoms with van der Waals surface area (Å²) < 4.78 is 75.7. The second-order valence-corrected chi connectivity index (χ2v) is 15.4. The molecule has 18 nitrogen and oxygen atoms in total. The third-order valence-electron chi connectivity index (χ3n) is 8.08. The van der Waals surface area contributed by atoms with Gasteiger partial charge in [-0.1, -0.05) is 32.6 Å². The second-order valence-electron chi connectivity index (χ2n) is 11.5. The highest BCUT2D eigenvalue weighted by molar-refractivity contribution is 7.96. The van der Waals surface area contributed by atoms with Crippen molar-refractivity contribution in [2.75, 3.05) is 13.2 Å². The molecule has 270 valence electrons. The Morgan fingerprint density at radius 3 is 1.73 bits per heavy atom. The molecular weight excluding hydrogens is 725 g/mol. The molecule has 20 heteroatoms. The number of sulfone groups is 2. The molecule has 0 aliphatic carbocycles. The van der Waals surface area contributed by atoms with Gasteiger partial charge in [-0.25, -0.2) is 36.6 Å². The Morgan fingerprint density at radius 2 is 1.21 bits per heavy atom. The number of carboxylic acid groups (broad SMARTS) is 2. The largest absolute Gasteiger partial charge is 0.476 e. The number of carboxylic acids is 2. The van der Waals surface area contributed by atoms with Gasteiger partial charge in [0.2, 0.25) is 31.1 Å². The summed E-state index contributed by atoms with van der Waals surface area (Å²) in [7, 11) is -7.90. The number of benzene rings is 2. The lowest BCUT2D eigenvalue weighted by molar-refractivity contribution is -0.106. The Morgan fingerprint density at radius 1 is 0.712 bits per heavy atom. The summed E-state index contributed by atoms with van der Waals surface area (Å²) >= 11 is 0. The van der Waals surface area contributed by atoms with Crippen molar-refractivity contribution in [1.29, 1.82) is 0 Å². The van der Waals surface area contributed by atoms with Crippen LogP contribution in [-0.4, -0.2) is 106 Å². The van der Waals surface area contributed by atoms with E-state index in [0.717, 1.165) is 0 Å². The number of ether oxygens (including phenoxy) is 4. The number of hydrogen-bond donors (Lipinski definition) is 4. The number of nitrogens with zero attached hydrogens (tertiary/aromatic N) is 4. The average Bonchev–Trinajstić information content (AvgIpc) is 3.81. The van der Waals surface area contributed by atoms with Crippen LogP contribution in [0, 0.1) is 22.3 Å². The molecule has 2 aliphatic rings. The van der Waals surface area contributed by atoms with Gasteiger partial charge < -0.3 is 29.2 Å². The molecule has 52 heavy (non-hydrogen) atoms. The summed E-state index contributed by atoms with van der Waals surface area (Å²) in [6.45, 7) is 0.217. The topological polar surface area (TPSA) is 263 Å². The van der Waals surface area contributed by atoms with Crippen LogP contribution >= 0.6 is 0 Å². The van der Waals surface area contributed by atoms with E-state index in [4.69, 9.17) is 24.1 Å². The number of hydrogen-bond acceptors (Lipinski definition) is 14. The number of rotatable bonds is 9. The monoisotopic (exact) mass is 752 g/mol. The molecule has 4 heterocycles. The molecule has 2 saturated heterocycles. The maximum atomic E-state index is 13.3. The summed E-state index contributed by atoms with van der Waals surface area (Å²) in [5.74, 6) is 2.54. The van der Waals surface area contributed by atoms with Gasteiger partial charge in [0, 0.05) is 34.8 Å². The van der Waals surface area contributed by atoms with E-state index in [1.807, 2.05) is 0 Å². The summed E-state index contributed by atoms with van der Waals surface area (Å²) in [6.07, 6.45) is -0.901. The minimum absolute atomic E-state index is 0.0458. The lowest BCUT2D eigenvalue weighted by Crippen LogP contribution is -2.46. The van der Waals surface area contributed by atoms with Crippen molar-refractivity contribution in [2.24, 2.45) is 0 Å². The van der Waals surface area contributed by atoms with Crippen molar-refractivity contribution < 1.29 is 55.6 Å². The van der Waals surface area contributed by atoms with Crippen LogP contribution in [0.2, 0.25) is 0 Å². The van der Waals surface area contributed by atoms with Crippen LogP contribution in [-0.2, 0) is 29.1 Å². The van der Waals surface area contributed by atoms with Crippen molar-refractivity contribution >= 4 is 31.6 Å². The van der Waals surface area contributed by atoms with Crippen molar-refractivity contribution in [2.45, 2.75) is 48.4 Å². The fourth-order valence-electron chi connectivity index (χ4n) is 5.43. The molecule has 4 N–H and O–H groups in total. The van der Waals surface area contributed by atoms with Gasteiger partial charge in [0.1, 0.15) is 11.5 Å². The van der Waals surface area contributed by atoms with Gasteiger partial charge in [-0.3, -0.25) is 0 Å². The van der Waals surface area contributed by atoms with Crippen LogP contribution < -0.4 is 9.47 Å². The lowest BCUT2D eigenvalue weighted by Gasteiger charge is -2.37. The first kappa shape index (κ1) is 36.0. The van der Waals surface area contributed by atoms with Crippen LogP contribution in [0.1, 0.15) is 57.8 Å². The Labute approximate surface area is 295 Å². The van der Waals surface area contributed by atoms with Gasteiger partial charge in [-0.05, 0) is 74.1 Å². The van der Waals surface area contributed by atoms with Gasteiger partial charge in [0.25, 0.3) is 11.8 Å². The predicted molar refractivity (Wildman–Crippen MR) is 177 cm³/mol. The van der Waals surface area contributed by atoms with Gasteiger partial charge in [-0.2, -0.15) is 0 Å². The first-order valence-electron chi connectivity index (χ1n) is 15.5. The minimum Gasteiger partial charge on any atom is -0.476 e. The smallest absolute Gasteiger partial charge is 0.359 e. The zero-order valence-corrected chi connectivity index (χ0v) is 28.4. The number of carbonyl (C=O) groups is 2. The standard InChI is InChI=1S/C32H28N6O12S2/c39-31(40)27-29(35-37-33-27)49-21-6-4-19(5-7-21)10-14-51(43,44)23-8-12-47-25(17-23)26-18-24(9-13-48-26)52(45,46)15-11-20-2-1-3-22(16-20)50-30-28(32(41)42)34-38-36-30/h1-7,16,23-26H,8-9,12-13,17-18H2,(H,39,40)(H,41,42)(H,33,35,37)(H,34,36,38). The predicted octanol–water partition coefficient (Wildman–Crippen LogP) is 2.15. The Kier molecular flexibility index (Phi) is 10.5. The van der Waals surface area contributed by atoms with Crippen LogP contribution in [0.3, 0.4) is 0 Å². The molecular formula is C32H28N6O12S2. The molecule has 2 aromatic heterocycles. The quantitative estimate of drug-likeness (QED) is 0.178. The first-order valence-corrected chi connectivity index (χ1v) is 18.6. The molecule has 0 spiro atoms. The van der Waals surface area contributed by atoms with Gasteiger partial charge in [0.05, 0.1) is 22.7 Å². The number of nitrogens with one attached hydrogen (secondary N) is 2. The van der Waals surface area contributed by atoms with Crippen molar-refractivity contribution in [3.8, 4) is 45.6 Å². The maximum Gasteiger partial charge on any atom is 0.359 e. The van der Waals surface area contributed by atoms with Gasteiger partial charge >= 0.3 is 11.9 Å². The molecule has 0 radical (unpaired) electrons. The molecule has 0 amide bonds. The van der Waals surface area contributed by atoms with Gasteiger partial charge in [-0.15, -0.1) is 0 Å². The van der Waals surface area contributed by atoms with Gasteiger partial charge in [0.15, 0.2) is 0 Å². The lowest BCUT2D eigenvalue weighted by atomic mass is 9.97. The maximum absolute atomic E-state index is 13.3. The average molecular weight is 753 g/mol. The van der Waals surface area contributed by atoms with E-state index in [2.05, 4.69) is 53.2 Å². The highest BCUT2D eigenvalue weighted by Gasteiger charge is 2.40. The molecule has 2 fully saturated rings. The van der Waals surface area contributed by atoms with Crippen LogP contribution in [0.4, 0.5) is 0 Å². The van der Waals surface area contributed by atoms with E-state index in [1.165, 1.54) is 36.4 Å². The SMILES string of the molecule is O=C(O)c1[nH]nnc1Oc1ccc(C#CS(=O)(=O)C2CCOC(C3CC(S(=O)(=O)C#Cc4cccc(Oc5nn[nH]c5C(=O)O)c4)CCO3)C2)cc1. The third-order valence-corrected chi connectivity index (χ3v) is 11.5. The molecule has 2 aromatic carbocycles. The van der Waals surface area contributed by atoms with Crippen molar-refractivity contribution in [1.82, 2.24) is 30.8 Å². The van der Waals surface area contributed by atoms with E-state index in [1.54, 1.807) is 12.1 Å². The van der Waals surface area contributed by atoms with Crippen LogP contribution in [0.25, 0.3) is 0 Å². The van der Waals surface area contributed by atoms with Crippen LogP contribution in [0.15, 0.2) is 48.5 Å². The third kappa shape index (κ3) is 8.55. The van der Waals surface area contributed by atoms with E-state index in [9.17, 15) is 31.5 Å². The normalized spacial score (nSPS) is 20.4. The highest BCUT2D eigenvalue weighted by Crippen LogP contribution is 2.31. The molecule has 4 aromatic rings. The van der Waals surface area contributed by atoms with Crippen molar-refractivity contribution in [3.05, 3.63) is 71.0 Å². The molecule has 4 unspecified atom stereocenters. The Balaban J connectivity index is 1.07. The van der Waals surface area contributed by atoms with E-state index >= 15 is 0 Å². The Bertz CT molecular complexity index is 2320. The van der Waals surface area contributed by atoms with Crippen LogP contribution in [0.5, 0.6) is 23.3 Å². The Hall–Kier alpha value is -5.80. The van der Waals surface area contributed by atoms with E-state index in [-0.39, 0.29) is 73.5 Å². The second kappa shape index (κ2) is 15.2. The molecule has 6 rings (SSSR count). The fraction of sp³-hybridized carbons (Fsp3) is 0.312. The molecule has 0 saturated carbocycles. The van der Waals surface area contributed by atoms with E-state index < -0.39 is 54.3 Å². The summed E-state index contributed by atoms with van der Waals surface area (Å²) in [4.78, 5) is 22.5. The zero-order chi connectivity index (χ0) is 36.9. The van der Waals surface area contributed by atoms with E-state index in [0.29, 0.717) is 11.1 Å². The molecule has 2 aliphatic heterocycles. The molecule has 4 atom stereocenters.